The molecule has 1 aromatic carbocycles. The van der Waals surface area contributed by atoms with Gasteiger partial charge in [0, 0.05) is 11.4 Å². The van der Waals surface area contributed by atoms with Crippen molar-refractivity contribution in [2.45, 2.75) is 26.8 Å². The summed E-state index contributed by atoms with van der Waals surface area (Å²) in [5.74, 6) is -0.479. The fourth-order valence-electron chi connectivity index (χ4n) is 3.18. The van der Waals surface area contributed by atoms with E-state index in [1.54, 1.807) is 28.0 Å². The average Bonchev–Trinajstić information content (AvgIpc) is 3.10. The summed E-state index contributed by atoms with van der Waals surface area (Å²) in [7, 11) is 0. The number of aromatic carboxylic acids is 1. The van der Waals surface area contributed by atoms with Gasteiger partial charge < -0.3 is 9.90 Å². The van der Waals surface area contributed by atoms with Gasteiger partial charge in [0.15, 0.2) is 0 Å². The van der Waals surface area contributed by atoms with Crippen molar-refractivity contribution in [3.05, 3.63) is 62.0 Å². The van der Waals surface area contributed by atoms with E-state index in [1.165, 1.54) is 12.1 Å². The topological polar surface area (TPSA) is 75.0 Å². The Balaban J connectivity index is 1.82. The maximum Gasteiger partial charge on any atom is 0.262 e. The lowest BCUT2D eigenvalue weighted by Gasteiger charge is -2.04. The van der Waals surface area contributed by atoms with Crippen LogP contribution in [0.15, 0.2) is 29.1 Å². The second kappa shape index (κ2) is 5.67. The lowest BCUT2D eigenvalue weighted by Crippen LogP contribution is -2.21. The van der Waals surface area contributed by atoms with Crippen LogP contribution in [0.3, 0.4) is 0 Å². The smallest absolute Gasteiger partial charge is 0.262 e. The summed E-state index contributed by atoms with van der Waals surface area (Å²) in [5.41, 5.74) is 3.06. The predicted octanol–water partition coefficient (Wildman–Crippen LogP) is 2.38. The van der Waals surface area contributed by atoms with Gasteiger partial charge in [-0.15, -0.1) is 11.3 Å². The normalized spacial score (nSPS) is 15.0. The standard InChI is InChI=1S/C19H16N2O3S/c1-10-11(2)25-17-15(10)18(22)21-8-7-14(16(21)20-17)9-12-3-5-13(6-4-12)19(23)24/h3-6,9H,7-8H2,1-2H3,(H,23,24)/p-1/b14-9-. The largest absolute Gasteiger partial charge is 0.545 e. The van der Waals surface area contributed by atoms with Crippen molar-refractivity contribution in [1.29, 1.82) is 0 Å². The van der Waals surface area contributed by atoms with Gasteiger partial charge >= 0.3 is 0 Å². The molecule has 0 aliphatic carbocycles. The van der Waals surface area contributed by atoms with Gasteiger partial charge in [-0.25, -0.2) is 4.98 Å². The molecule has 2 aromatic heterocycles. The number of carboxylic acid groups (broad SMARTS) is 1. The zero-order chi connectivity index (χ0) is 17.7. The van der Waals surface area contributed by atoms with Crippen LogP contribution in [0.2, 0.25) is 0 Å². The van der Waals surface area contributed by atoms with E-state index in [1.807, 2.05) is 19.9 Å². The maximum atomic E-state index is 12.8. The third kappa shape index (κ3) is 2.49. The van der Waals surface area contributed by atoms with Gasteiger partial charge in [-0.3, -0.25) is 9.36 Å². The molecule has 3 aromatic rings. The highest BCUT2D eigenvalue weighted by molar-refractivity contribution is 7.18. The molecule has 0 bridgehead atoms. The number of allylic oxidation sites excluding steroid dienone is 1. The molecule has 0 spiro atoms. The monoisotopic (exact) mass is 351 g/mol. The number of carboxylic acids is 1. The Hall–Kier alpha value is -2.73. The maximum absolute atomic E-state index is 12.8. The summed E-state index contributed by atoms with van der Waals surface area (Å²) in [5, 5.41) is 11.6. The van der Waals surface area contributed by atoms with E-state index in [2.05, 4.69) is 0 Å². The lowest BCUT2D eigenvalue weighted by atomic mass is 10.1. The van der Waals surface area contributed by atoms with Crippen LogP contribution in [0.1, 0.15) is 38.6 Å². The summed E-state index contributed by atoms with van der Waals surface area (Å²) in [6, 6.07) is 6.51. The molecule has 25 heavy (non-hydrogen) atoms. The van der Waals surface area contributed by atoms with E-state index in [9.17, 15) is 14.7 Å². The molecule has 6 heteroatoms. The van der Waals surface area contributed by atoms with Crippen LogP contribution in [-0.2, 0) is 6.54 Å². The molecule has 1 aliphatic rings. The van der Waals surface area contributed by atoms with Crippen LogP contribution in [0.5, 0.6) is 0 Å². The Morgan fingerprint density at radius 2 is 2.00 bits per heavy atom. The minimum Gasteiger partial charge on any atom is -0.545 e. The highest BCUT2D eigenvalue weighted by Crippen LogP contribution is 2.31. The van der Waals surface area contributed by atoms with Crippen LogP contribution >= 0.6 is 11.3 Å². The van der Waals surface area contributed by atoms with E-state index >= 15 is 0 Å². The molecule has 0 radical (unpaired) electrons. The van der Waals surface area contributed by atoms with Crippen LogP contribution in [0, 0.1) is 13.8 Å². The molecule has 0 saturated heterocycles. The van der Waals surface area contributed by atoms with Crippen molar-refractivity contribution in [2.24, 2.45) is 0 Å². The summed E-state index contributed by atoms with van der Waals surface area (Å²) >= 11 is 1.55. The number of thiophene rings is 1. The number of aryl methyl sites for hydroxylation is 2. The van der Waals surface area contributed by atoms with Crippen LogP contribution in [-0.4, -0.2) is 15.5 Å². The van der Waals surface area contributed by atoms with Gasteiger partial charge in [0.1, 0.15) is 10.7 Å². The highest BCUT2D eigenvalue weighted by atomic mass is 32.1. The second-order valence-corrected chi connectivity index (χ2v) is 7.39. The summed E-state index contributed by atoms with van der Waals surface area (Å²) < 4.78 is 1.74. The second-order valence-electron chi connectivity index (χ2n) is 6.18. The van der Waals surface area contributed by atoms with Crippen LogP contribution < -0.4 is 10.7 Å². The molecular weight excluding hydrogens is 336 g/mol. The van der Waals surface area contributed by atoms with E-state index in [4.69, 9.17) is 4.98 Å². The van der Waals surface area contributed by atoms with Crippen molar-refractivity contribution in [3.8, 4) is 0 Å². The van der Waals surface area contributed by atoms with Gasteiger partial charge in [0.2, 0.25) is 0 Å². The molecule has 1 aliphatic heterocycles. The van der Waals surface area contributed by atoms with Crippen molar-refractivity contribution in [3.63, 3.8) is 0 Å². The van der Waals surface area contributed by atoms with Gasteiger partial charge in [-0.2, -0.15) is 0 Å². The van der Waals surface area contributed by atoms with Gasteiger partial charge in [0.05, 0.1) is 11.4 Å². The molecule has 126 valence electrons. The number of carbonyl (C=O) groups is 1. The van der Waals surface area contributed by atoms with Crippen LogP contribution in [0.25, 0.3) is 21.9 Å². The molecule has 5 nitrogen and oxygen atoms in total. The Morgan fingerprint density at radius 1 is 1.28 bits per heavy atom. The SMILES string of the molecule is Cc1sc2nc3n(c(=O)c2c1C)CC/C3=C/c1ccc(C(=O)[O-])cc1. The molecule has 4 rings (SSSR count). The fourth-order valence-corrected chi connectivity index (χ4v) is 4.20. The molecule has 0 fully saturated rings. The quantitative estimate of drug-likeness (QED) is 0.710. The van der Waals surface area contributed by atoms with E-state index < -0.39 is 5.97 Å². The van der Waals surface area contributed by atoms with Crippen LogP contribution in [0.4, 0.5) is 0 Å². The first-order chi connectivity index (χ1) is 12.0. The minimum atomic E-state index is -1.19. The van der Waals surface area contributed by atoms with Crippen molar-refractivity contribution >= 4 is 39.2 Å². The Labute approximate surface area is 147 Å². The minimum absolute atomic E-state index is 0.0255. The van der Waals surface area contributed by atoms with E-state index in [-0.39, 0.29) is 11.1 Å². The fraction of sp³-hybridized carbons (Fsp3) is 0.211. The Morgan fingerprint density at radius 3 is 2.68 bits per heavy atom. The van der Waals surface area contributed by atoms with Gasteiger partial charge in [0.25, 0.3) is 5.56 Å². The zero-order valence-electron chi connectivity index (χ0n) is 13.8. The third-order valence-corrected chi connectivity index (χ3v) is 5.77. The van der Waals surface area contributed by atoms with Gasteiger partial charge in [-0.1, -0.05) is 24.3 Å². The number of rotatable bonds is 2. The first-order valence-corrected chi connectivity index (χ1v) is 8.80. The Kier molecular flexibility index (Phi) is 3.58. The molecule has 0 saturated carbocycles. The predicted molar refractivity (Wildman–Crippen MR) is 96.6 cm³/mol. The first-order valence-electron chi connectivity index (χ1n) is 7.98. The highest BCUT2D eigenvalue weighted by Gasteiger charge is 2.23. The zero-order valence-corrected chi connectivity index (χ0v) is 14.6. The molecule has 3 heterocycles. The molecule has 0 unspecified atom stereocenters. The van der Waals surface area contributed by atoms with Crippen molar-refractivity contribution in [2.75, 3.05) is 0 Å². The van der Waals surface area contributed by atoms with Crippen molar-refractivity contribution in [1.82, 2.24) is 9.55 Å². The number of nitrogens with zero attached hydrogens (tertiary/aromatic N) is 2. The van der Waals surface area contributed by atoms with Gasteiger partial charge in [-0.05, 0) is 48.6 Å². The summed E-state index contributed by atoms with van der Waals surface area (Å²) in [4.78, 5) is 30.3. The third-order valence-electron chi connectivity index (χ3n) is 4.67. The Bertz CT molecular complexity index is 1100. The molecule has 0 atom stereocenters. The number of fused-ring (bicyclic) bond motifs is 2. The molecular formula is C19H15N2O3S-. The average molecular weight is 351 g/mol. The summed E-state index contributed by atoms with van der Waals surface area (Å²) in [6.07, 6.45) is 2.70. The number of hydrogen-bond acceptors (Lipinski definition) is 5. The first kappa shape index (κ1) is 15.8. The summed E-state index contributed by atoms with van der Waals surface area (Å²) in [6.45, 7) is 4.59. The number of benzene rings is 1. The van der Waals surface area contributed by atoms with Crippen molar-refractivity contribution < 1.29 is 9.90 Å². The van der Waals surface area contributed by atoms with E-state index in [0.29, 0.717) is 12.4 Å². The lowest BCUT2D eigenvalue weighted by molar-refractivity contribution is -0.255. The van der Waals surface area contributed by atoms with E-state index in [0.717, 1.165) is 38.2 Å². The number of hydrogen-bond donors (Lipinski definition) is 0. The molecule has 0 N–H and O–H groups in total. The number of aromatic nitrogens is 2. The number of carbonyl (C=O) groups excluding carboxylic acids is 1. The molecule has 0 amide bonds.